The Hall–Kier alpha value is -2.41. The van der Waals surface area contributed by atoms with Crippen molar-refractivity contribution >= 4 is 38.1 Å². The molecule has 12 heteroatoms. The van der Waals surface area contributed by atoms with Crippen molar-refractivity contribution < 1.29 is 27.2 Å². The van der Waals surface area contributed by atoms with E-state index in [1.165, 1.54) is 24.3 Å². The van der Waals surface area contributed by atoms with Crippen LogP contribution in [0.15, 0.2) is 40.5 Å². The molecule has 2 N–H and O–H groups in total. The molecule has 0 unspecified atom stereocenters. The Morgan fingerprint density at radius 3 is 2.68 bits per heavy atom. The van der Waals surface area contributed by atoms with Crippen LogP contribution in [0.1, 0.15) is 24.8 Å². The van der Waals surface area contributed by atoms with Crippen molar-refractivity contribution in [3.05, 3.63) is 41.2 Å². The topological polar surface area (TPSA) is 119 Å². The fraction of sp³-hybridized carbons (Fsp3) is 0.421. The van der Waals surface area contributed by atoms with Gasteiger partial charge in [0, 0.05) is 18.5 Å². The number of hydrogen-bond donors (Lipinski definition) is 2. The van der Waals surface area contributed by atoms with Crippen molar-refractivity contribution in [3.63, 3.8) is 0 Å². The number of amides is 1. The number of ether oxygens (including phenoxy) is 1. The third-order valence-corrected chi connectivity index (χ3v) is 6.93. The van der Waals surface area contributed by atoms with Gasteiger partial charge in [0.2, 0.25) is 10.0 Å². The first-order valence-electron chi connectivity index (χ1n) is 9.75. The van der Waals surface area contributed by atoms with E-state index in [0.29, 0.717) is 49.0 Å². The van der Waals surface area contributed by atoms with Crippen molar-refractivity contribution in [3.8, 4) is 0 Å². The lowest BCUT2D eigenvalue weighted by Gasteiger charge is -2.11. The van der Waals surface area contributed by atoms with Gasteiger partial charge in [-0.05, 0) is 30.9 Å². The number of aromatic nitrogens is 1. The Morgan fingerprint density at radius 1 is 1.29 bits per heavy atom. The highest BCUT2D eigenvalue weighted by atomic mass is 32.2. The van der Waals surface area contributed by atoms with Gasteiger partial charge in [-0.15, -0.1) is 0 Å². The first kappa shape index (κ1) is 21.8. The van der Waals surface area contributed by atoms with Gasteiger partial charge in [0.25, 0.3) is 5.91 Å². The highest BCUT2D eigenvalue weighted by Crippen LogP contribution is 2.28. The van der Waals surface area contributed by atoms with E-state index in [-0.39, 0.29) is 21.8 Å². The number of carbonyl (C=O) groups excluding carboxylic acids is 1. The summed E-state index contributed by atoms with van der Waals surface area (Å²) in [5.41, 5.74) is 0.256. The molecule has 166 valence electrons. The zero-order valence-electron chi connectivity index (χ0n) is 16.4. The van der Waals surface area contributed by atoms with Crippen molar-refractivity contribution in [1.82, 2.24) is 9.71 Å². The number of thiazole rings is 1. The van der Waals surface area contributed by atoms with Gasteiger partial charge in [-0.3, -0.25) is 10.1 Å². The number of oxime groups is 1. The second kappa shape index (κ2) is 9.39. The van der Waals surface area contributed by atoms with Gasteiger partial charge in [0.05, 0.1) is 24.3 Å². The summed E-state index contributed by atoms with van der Waals surface area (Å²) in [6, 6.07) is 5.74. The molecule has 0 spiro atoms. The van der Waals surface area contributed by atoms with E-state index < -0.39 is 21.1 Å². The predicted octanol–water partition coefficient (Wildman–Crippen LogP) is 2.12. The van der Waals surface area contributed by atoms with Gasteiger partial charge < -0.3 is 9.57 Å². The molecule has 9 nitrogen and oxygen atoms in total. The zero-order valence-corrected chi connectivity index (χ0v) is 18.0. The van der Waals surface area contributed by atoms with Crippen LogP contribution in [0.3, 0.4) is 0 Å². The van der Waals surface area contributed by atoms with Crippen LogP contribution in [0, 0.1) is 11.0 Å². The highest BCUT2D eigenvalue weighted by Gasteiger charge is 2.25. The van der Waals surface area contributed by atoms with E-state index in [2.05, 4.69) is 20.2 Å². The lowest BCUT2D eigenvalue weighted by Crippen LogP contribution is -2.27. The molecule has 2 fully saturated rings. The molecule has 2 aromatic rings. The van der Waals surface area contributed by atoms with E-state index in [4.69, 9.17) is 9.57 Å². The second-order valence-electron chi connectivity index (χ2n) is 7.27. The average molecular weight is 469 g/mol. The zero-order chi connectivity index (χ0) is 21.8. The number of carbonyl (C=O) groups is 1. The molecule has 0 radical (unpaired) electrons. The van der Waals surface area contributed by atoms with Crippen molar-refractivity contribution in [2.24, 2.45) is 11.1 Å². The molecule has 1 atom stereocenters. The van der Waals surface area contributed by atoms with Crippen LogP contribution in [0.25, 0.3) is 0 Å². The number of nitrogens with zero attached hydrogens (tertiary/aromatic N) is 2. The molecule has 1 saturated carbocycles. The summed E-state index contributed by atoms with van der Waals surface area (Å²) in [6.07, 6.45) is 3.42. The first-order chi connectivity index (χ1) is 14.9. The maximum Gasteiger partial charge on any atom is 0.280 e. The van der Waals surface area contributed by atoms with Crippen molar-refractivity contribution in [2.75, 3.05) is 25.1 Å². The fourth-order valence-electron chi connectivity index (χ4n) is 2.84. The Balaban J connectivity index is 1.53. The fourth-order valence-corrected chi connectivity index (χ4v) is 4.50. The summed E-state index contributed by atoms with van der Waals surface area (Å²) in [5.74, 6) is -0.250. The van der Waals surface area contributed by atoms with Crippen LogP contribution < -0.4 is 10.0 Å². The molecule has 1 amide bonds. The molecule has 1 aromatic carbocycles. The first-order valence-corrected chi connectivity index (χ1v) is 12.0. The van der Waals surface area contributed by atoms with Gasteiger partial charge >= 0.3 is 0 Å². The van der Waals surface area contributed by atoms with E-state index in [0.717, 1.165) is 19.0 Å². The molecule has 2 aliphatic rings. The van der Waals surface area contributed by atoms with E-state index in [1.807, 2.05) is 0 Å². The van der Waals surface area contributed by atoms with Gasteiger partial charge in [-0.25, -0.2) is 18.1 Å². The minimum Gasteiger partial charge on any atom is -0.389 e. The van der Waals surface area contributed by atoms with Gasteiger partial charge in [0.1, 0.15) is 0 Å². The number of benzene rings is 1. The summed E-state index contributed by atoms with van der Waals surface area (Å²) in [6.45, 7) is 1.32. The van der Waals surface area contributed by atoms with Crippen molar-refractivity contribution in [2.45, 2.75) is 30.3 Å². The van der Waals surface area contributed by atoms with Crippen LogP contribution in [-0.2, 0) is 24.4 Å². The summed E-state index contributed by atoms with van der Waals surface area (Å²) in [4.78, 5) is 22.0. The monoisotopic (exact) mass is 468 g/mol. The average Bonchev–Trinajstić information content (AvgIpc) is 3.27. The Morgan fingerprint density at radius 2 is 2.06 bits per heavy atom. The number of rotatable bonds is 9. The molecule has 1 saturated heterocycles. The molecule has 2 heterocycles. The number of sulfonamides is 1. The molecule has 31 heavy (non-hydrogen) atoms. The summed E-state index contributed by atoms with van der Waals surface area (Å²) in [7, 11) is -3.64. The maximum atomic E-state index is 13.2. The van der Waals surface area contributed by atoms with E-state index >= 15 is 0 Å². The van der Waals surface area contributed by atoms with Crippen LogP contribution in [0.4, 0.5) is 9.52 Å². The normalized spacial score (nSPS) is 19.4. The molecule has 1 aliphatic carbocycles. The quantitative estimate of drug-likeness (QED) is 0.430. The molecule has 4 rings (SSSR count). The van der Waals surface area contributed by atoms with Crippen LogP contribution >= 0.6 is 11.3 Å². The number of halogens is 1. The SMILES string of the molecule is O=C(Nc1ncc(F)s1)C(=NO[C@@H]1CCOC1)c1ccc(S(=O)(=O)NCC2CC2)cc1. The second-order valence-corrected chi connectivity index (χ2v) is 10.0. The van der Waals surface area contributed by atoms with Gasteiger partial charge in [-0.1, -0.05) is 28.6 Å². The number of hydrogen-bond acceptors (Lipinski definition) is 8. The van der Waals surface area contributed by atoms with Gasteiger partial charge in [-0.2, -0.15) is 4.39 Å². The van der Waals surface area contributed by atoms with E-state index in [9.17, 15) is 17.6 Å². The smallest absolute Gasteiger partial charge is 0.280 e. The maximum absolute atomic E-state index is 13.2. The Bertz CT molecular complexity index is 1060. The van der Waals surface area contributed by atoms with Crippen LogP contribution in [0.2, 0.25) is 0 Å². The molecular weight excluding hydrogens is 447 g/mol. The summed E-state index contributed by atoms with van der Waals surface area (Å²) < 4.78 is 45.9. The minimum atomic E-state index is -3.64. The Kier molecular flexibility index (Phi) is 6.60. The predicted molar refractivity (Wildman–Crippen MR) is 112 cm³/mol. The lowest BCUT2D eigenvalue weighted by molar-refractivity contribution is -0.110. The number of nitrogens with one attached hydrogen (secondary N) is 2. The molecule has 0 bridgehead atoms. The van der Waals surface area contributed by atoms with Crippen molar-refractivity contribution in [1.29, 1.82) is 0 Å². The third-order valence-electron chi connectivity index (χ3n) is 4.79. The number of anilines is 1. The van der Waals surface area contributed by atoms with E-state index in [1.54, 1.807) is 0 Å². The van der Waals surface area contributed by atoms with Crippen LogP contribution in [-0.4, -0.2) is 50.9 Å². The lowest BCUT2D eigenvalue weighted by atomic mass is 10.1. The summed E-state index contributed by atoms with van der Waals surface area (Å²) >= 11 is 0.678. The highest BCUT2D eigenvalue weighted by molar-refractivity contribution is 7.89. The molecular formula is C19H21FN4O5S2. The largest absolute Gasteiger partial charge is 0.389 e. The molecule has 1 aliphatic heterocycles. The minimum absolute atomic E-state index is 0.0721. The molecule has 1 aromatic heterocycles. The Labute approximate surface area is 182 Å². The third kappa shape index (κ3) is 5.85. The summed E-state index contributed by atoms with van der Waals surface area (Å²) in [5, 5.41) is 5.99. The van der Waals surface area contributed by atoms with Crippen LogP contribution in [0.5, 0.6) is 0 Å². The van der Waals surface area contributed by atoms with Gasteiger partial charge in [0.15, 0.2) is 22.1 Å². The standard InChI is InChI=1S/C19H21FN4O5S2/c20-16-10-21-19(30-16)23-18(25)17(24-29-14-7-8-28-11-14)13-3-5-15(6-4-13)31(26,27)22-9-12-1-2-12/h3-6,10,12,14,22H,1-2,7-9,11H2,(H,21,23,25)/t14-/m1/s1.